The van der Waals surface area contributed by atoms with Crippen LogP contribution in [0.2, 0.25) is 0 Å². The summed E-state index contributed by atoms with van der Waals surface area (Å²) in [5.74, 6) is -0.167. The van der Waals surface area contributed by atoms with Crippen LogP contribution in [0.3, 0.4) is 0 Å². The van der Waals surface area contributed by atoms with Gasteiger partial charge in [0.25, 0.3) is 0 Å². The van der Waals surface area contributed by atoms with E-state index in [4.69, 9.17) is 15.2 Å². The van der Waals surface area contributed by atoms with Crippen molar-refractivity contribution >= 4 is 17.4 Å². The van der Waals surface area contributed by atoms with E-state index in [1.54, 1.807) is 24.3 Å². The zero-order valence-corrected chi connectivity index (χ0v) is 26.5. The van der Waals surface area contributed by atoms with Crippen LogP contribution in [0.25, 0.3) is 0 Å². The number of unbranched alkanes of at least 4 members (excludes halogenated alkanes) is 14. The van der Waals surface area contributed by atoms with Crippen LogP contribution in [0, 0.1) is 0 Å². The van der Waals surface area contributed by atoms with E-state index in [2.05, 4.69) is 6.92 Å². The van der Waals surface area contributed by atoms with E-state index in [9.17, 15) is 19.8 Å². The van der Waals surface area contributed by atoms with Gasteiger partial charge in [-0.25, -0.2) is 4.79 Å². The van der Waals surface area contributed by atoms with Gasteiger partial charge in [-0.15, -0.1) is 0 Å². The highest BCUT2D eigenvalue weighted by atomic mass is 16.6. The SMILES string of the molecule is CCCCCCCCCCCCCCCCCC(=O)c1ccc2c(c1N)C(=O)OC21c2ccc(O)cc2Oc2cc(O)ccc21. The van der Waals surface area contributed by atoms with Gasteiger partial charge in [0.05, 0.1) is 11.3 Å². The van der Waals surface area contributed by atoms with Crippen LogP contribution in [-0.4, -0.2) is 22.0 Å². The summed E-state index contributed by atoms with van der Waals surface area (Å²) >= 11 is 0. The van der Waals surface area contributed by atoms with Gasteiger partial charge in [0, 0.05) is 40.8 Å². The van der Waals surface area contributed by atoms with Gasteiger partial charge in [-0.3, -0.25) is 4.79 Å². The number of nitrogens with two attached hydrogens (primary N) is 1. The topological polar surface area (TPSA) is 119 Å². The number of anilines is 1. The number of benzene rings is 3. The second-order valence-electron chi connectivity index (χ2n) is 12.6. The number of Topliss-reactive ketones (excluding diaryl/α,β-unsaturated/α-hetero) is 1. The summed E-state index contributed by atoms with van der Waals surface area (Å²) in [6.45, 7) is 2.26. The average molecular weight is 614 g/mol. The highest BCUT2D eigenvalue weighted by Crippen LogP contribution is 2.57. The first-order chi connectivity index (χ1) is 21.9. The second kappa shape index (κ2) is 14.9. The molecule has 7 heteroatoms. The number of ether oxygens (including phenoxy) is 2. The van der Waals surface area contributed by atoms with Crippen molar-refractivity contribution < 1.29 is 29.3 Å². The highest BCUT2D eigenvalue weighted by Gasteiger charge is 2.54. The van der Waals surface area contributed by atoms with Gasteiger partial charge in [0.2, 0.25) is 0 Å². The number of rotatable bonds is 17. The first-order valence-corrected chi connectivity index (χ1v) is 16.9. The first-order valence-electron chi connectivity index (χ1n) is 16.9. The lowest BCUT2D eigenvalue weighted by molar-refractivity contribution is 0.0224. The van der Waals surface area contributed by atoms with E-state index in [-0.39, 0.29) is 28.5 Å². The molecule has 0 unspecified atom stereocenters. The molecule has 7 nitrogen and oxygen atoms in total. The molecule has 4 N–H and O–H groups in total. The van der Waals surface area contributed by atoms with Gasteiger partial charge in [-0.1, -0.05) is 103 Å². The minimum Gasteiger partial charge on any atom is -0.508 e. The summed E-state index contributed by atoms with van der Waals surface area (Å²) in [5, 5.41) is 20.2. The summed E-state index contributed by atoms with van der Waals surface area (Å²) in [6, 6.07) is 12.6. The molecule has 0 saturated heterocycles. The Morgan fingerprint density at radius 1 is 0.689 bits per heavy atom. The molecule has 0 aromatic heterocycles. The number of esters is 1. The molecular weight excluding hydrogens is 566 g/mol. The van der Waals surface area contributed by atoms with Crippen LogP contribution in [-0.2, 0) is 10.3 Å². The minimum absolute atomic E-state index is 0.0173. The fourth-order valence-corrected chi connectivity index (χ4v) is 6.85. The van der Waals surface area contributed by atoms with Crippen molar-refractivity contribution in [2.75, 3.05) is 5.73 Å². The first kappa shape index (κ1) is 32.4. The quantitative estimate of drug-likeness (QED) is 0.0600. The van der Waals surface area contributed by atoms with E-state index in [1.807, 2.05) is 0 Å². The predicted octanol–water partition coefficient (Wildman–Crippen LogP) is 9.69. The molecular formula is C38H47NO6. The van der Waals surface area contributed by atoms with Crippen molar-refractivity contribution in [2.45, 2.75) is 115 Å². The lowest BCUT2D eigenvalue weighted by Gasteiger charge is -2.36. The Bertz CT molecular complexity index is 1460. The third kappa shape index (κ3) is 6.98. The second-order valence-corrected chi connectivity index (χ2v) is 12.6. The number of carbonyl (C=O) groups is 2. The fraction of sp³-hybridized carbons (Fsp3) is 0.474. The summed E-state index contributed by atoms with van der Waals surface area (Å²) in [6.07, 6.45) is 19.3. The van der Waals surface area contributed by atoms with Crippen molar-refractivity contribution in [1.82, 2.24) is 0 Å². The Balaban J connectivity index is 1.16. The normalized spacial score (nSPS) is 14.0. The maximum Gasteiger partial charge on any atom is 0.342 e. The standard InChI is InChI=1S/C38H47NO6/c1-2-3-4-5-6-7-8-9-10-11-12-13-14-15-16-17-32(42)28-20-23-31-35(36(28)39)37(43)45-38(31)29-21-18-26(40)24-33(29)44-34-25-27(41)19-22-30(34)38/h18-25,40-41H,2-17,39H2,1H3. The predicted molar refractivity (Wildman–Crippen MR) is 176 cm³/mol. The maximum atomic E-state index is 13.4. The molecule has 0 radical (unpaired) electrons. The molecule has 1 spiro atoms. The molecule has 2 heterocycles. The molecule has 0 saturated carbocycles. The van der Waals surface area contributed by atoms with Crippen molar-refractivity contribution in [1.29, 1.82) is 0 Å². The van der Waals surface area contributed by atoms with Gasteiger partial charge in [0.1, 0.15) is 23.0 Å². The third-order valence-electron chi connectivity index (χ3n) is 9.29. The van der Waals surface area contributed by atoms with Gasteiger partial charge >= 0.3 is 5.97 Å². The molecule has 3 aromatic rings. The zero-order chi connectivity index (χ0) is 31.8. The van der Waals surface area contributed by atoms with Crippen LogP contribution in [0.15, 0.2) is 48.5 Å². The largest absolute Gasteiger partial charge is 0.508 e. The van der Waals surface area contributed by atoms with Gasteiger partial charge < -0.3 is 25.4 Å². The van der Waals surface area contributed by atoms with Crippen molar-refractivity contribution in [3.05, 3.63) is 76.3 Å². The zero-order valence-electron chi connectivity index (χ0n) is 26.5. The van der Waals surface area contributed by atoms with Crippen LogP contribution in [0.5, 0.6) is 23.0 Å². The van der Waals surface area contributed by atoms with Crippen LogP contribution in [0.1, 0.15) is 147 Å². The molecule has 2 aliphatic rings. The summed E-state index contributed by atoms with van der Waals surface area (Å²) in [5.41, 5.74) is 7.27. The van der Waals surface area contributed by atoms with Gasteiger partial charge in [-0.2, -0.15) is 0 Å². The third-order valence-corrected chi connectivity index (χ3v) is 9.29. The number of phenols is 2. The van der Waals surface area contributed by atoms with Gasteiger partial charge in [0.15, 0.2) is 11.4 Å². The lowest BCUT2D eigenvalue weighted by atomic mass is 9.77. The van der Waals surface area contributed by atoms with E-state index >= 15 is 0 Å². The number of nitrogen functional groups attached to an aromatic ring is 1. The molecule has 3 aromatic carbocycles. The Kier molecular flexibility index (Phi) is 10.7. The van der Waals surface area contributed by atoms with E-state index in [1.165, 1.54) is 101 Å². The molecule has 0 bridgehead atoms. The number of ketones is 1. The molecule has 0 aliphatic carbocycles. The molecule has 0 atom stereocenters. The van der Waals surface area contributed by atoms with Crippen molar-refractivity contribution in [3.63, 3.8) is 0 Å². The Morgan fingerprint density at radius 2 is 1.16 bits per heavy atom. The van der Waals surface area contributed by atoms with Crippen LogP contribution < -0.4 is 10.5 Å². The van der Waals surface area contributed by atoms with Crippen molar-refractivity contribution in [3.8, 4) is 23.0 Å². The molecule has 45 heavy (non-hydrogen) atoms. The Morgan fingerprint density at radius 3 is 1.67 bits per heavy atom. The van der Waals surface area contributed by atoms with E-state index in [0.717, 1.165) is 19.3 Å². The van der Waals surface area contributed by atoms with Crippen LogP contribution >= 0.6 is 0 Å². The fourth-order valence-electron chi connectivity index (χ4n) is 6.85. The van der Waals surface area contributed by atoms with Crippen LogP contribution in [0.4, 0.5) is 5.69 Å². The number of phenolic OH excluding ortho intramolecular Hbond substituents is 2. The van der Waals surface area contributed by atoms with E-state index in [0.29, 0.717) is 40.2 Å². The lowest BCUT2D eigenvalue weighted by Crippen LogP contribution is -2.33. The molecule has 5 rings (SSSR count). The summed E-state index contributed by atoms with van der Waals surface area (Å²) in [4.78, 5) is 26.7. The van der Waals surface area contributed by atoms with Crippen molar-refractivity contribution in [2.24, 2.45) is 0 Å². The number of aromatic hydroxyl groups is 2. The number of hydrogen-bond donors (Lipinski definition) is 3. The number of fused-ring (bicyclic) bond motifs is 6. The number of carbonyl (C=O) groups excluding carboxylic acids is 2. The maximum absolute atomic E-state index is 13.4. The Labute approximate surface area is 266 Å². The monoisotopic (exact) mass is 613 g/mol. The molecule has 2 aliphatic heterocycles. The molecule has 0 amide bonds. The summed E-state index contributed by atoms with van der Waals surface area (Å²) < 4.78 is 12.1. The molecule has 240 valence electrons. The number of hydrogen-bond acceptors (Lipinski definition) is 7. The van der Waals surface area contributed by atoms with E-state index < -0.39 is 11.6 Å². The highest BCUT2D eigenvalue weighted by molar-refractivity contribution is 6.09. The molecule has 0 fully saturated rings. The summed E-state index contributed by atoms with van der Waals surface area (Å²) in [7, 11) is 0. The minimum atomic E-state index is -1.40. The average Bonchev–Trinajstić information content (AvgIpc) is 3.31. The van der Waals surface area contributed by atoms with Gasteiger partial charge in [-0.05, 0) is 36.8 Å². The smallest absolute Gasteiger partial charge is 0.342 e. The Hall–Kier alpha value is -4.00.